The molecule has 4 rings (SSSR count). The molecular formula is C34H39N5O6S. The molecule has 12 heteroatoms. The Morgan fingerprint density at radius 2 is 1.57 bits per heavy atom. The fraction of sp³-hybridized carbons (Fsp3) is 0.324. The molecule has 0 saturated carbocycles. The maximum Gasteiger partial charge on any atom is 0.450 e. The Balaban J connectivity index is 1.67. The van der Waals surface area contributed by atoms with Crippen LogP contribution in [0.5, 0.6) is 0 Å². The maximum absolute atomic E-state index is 13.9. The number of ether oxygens (including phenoxy) is 1. The Bertz CT molecular complexity index is 1740. The molecule has 0 N–H and O–H groups in total. The lowest BCUT2D eigenvalue weighted by Gasteiger charge is -2.27. The van der Waals surface area contributed by atoms with Crippen molar-refractivity contribution in [1.82, 2.24) is 19.3 Å². The van der Waals surface area contributed by atoms with Gasteiger partial charge in [0.2, 0.25) is 10.0 Å². The minimum Gasteiger partial charge on any atom is -0.441 e. The third-order valence-electron chi connectivity index (χ3n) is 6.31. The van der Waals surface area contributed by atoms with Gasteiger partial charge in [0.05, 0.1) is 24.4 Å². The SMILES string of the molecule is CC(C)(C)CC(=O)ON(C(=O)OC(C)(C)C)c1cccc(CN(Cc2ccc(-c3ccccn3)cc2)S(=O)(=O)c2cccnc2)n1. The lowest BCUT2D eigenvalue weighted by molar-refractivity contribution is -0.147. The van der Waals surface area contributed by atoms with Crippen LogP contribution >= 0.6 is 0 Å². The van der Waals surface area contributed by atoms with Crippen LogP contribution in [0.3, 0.4) is 0 Å². The van der Waals surface area contributed by atoms with Crippen LogP contribution in [0.15, 0.2) is 96.3 Å². The van der Waals surface area contributed by atoms with Crippen LogP contribution in [0.4, 0.5) is 10.6 Å². The first-order valence-corrected chi connectivity index (χ1v) is 16.2. The number of carbonyl (C=O) groups is 2. The third kappa shape index (κ3) is 9.66. The van der Waals surface area contributed by atoms with Gasteiger partial charge in [-0.2, -0.15) is 4.31 Å². The van der Waals surface area contributed by atoms with Crippen molar-refractivity contribution in [3.05, 3.63) is 103 Å². The van der Waals surface area contributed by atoms with Crippen molar-refractivity contribution >= 4 is 27.9 Å². The standard InChI is InChI=1S/C34H39N5O6S/c1-33(2,3)21-31(40)45-39(32(41)44-34(4,5)6)30-14-9-11-27(37-30)24-38(46(42,43)28-12-10-19-35-22-28)23-25-15-17-26(18-16-25)29-13-7-8-20-36-29/h7-20,22H,21,23-24H2,1-6H3. The number of rotatable bonds is 9. The minimum atomic E-state index is -4.04. The van der Waals surface area contributed by atoms with E-state index in [-0.39, 0.29) is 30.2 Å². The van der Waals surface area contributed by atoms with Gasteiger partial charge in [-0.15, -0.1) is 0 Å². The molecule has 0 saturated heterocycles. The van der Waals surface area contributed by atoms with Gasteiger partial charge in [-0.25, -0.2) is 23.0 Å². The fourth-order valence-corrected chi connectivity index (χ4v) is 5.65. The number of pyridine rings is 3. The summed E-state index contributed by atoms with van der Waals surface area (Å²) < 4.78 is 34.5. The summed E-state index contributed by atoms with van der Waals surface area (Å²) in [4.78, 5) is 44.4. The van der Waals surface area contributed by atoms with Gasteiger partial charge < -0.3 is 9.57 Å². The lowest BCUT2D eigenvalue weighted by atomic mass is 9.93. The highest BCUT2D eigenvalue weighted by Crippen LogP contribution is 2.25. The van der Waals surface area contributed by atoms with Crippen LogP contribution in [0.25, 0.3) is 11.3 Å². The van der Waals surface area contributed by atoms with Crippen LogP contribution in [-0.4, -0.2) is 45.3 Å². The highest BCUT2D eigenvalue weighted by molar-refractivity contribution is 7.89. The Morgan fingerprint density at radius 1 is 0.826 bits per heavy atom. The molecule has 1 amide bonds. The zero-order chi connectivity index (χ0) is 33.5. The number of benzene rings is 1. The Kier molecular flexibility index (Phi) is 10.5. The van der Waals surface area contributed by atoms with E-state index < -0.39 is 33.1 Å². The molecule has 242 valence electrons. The number of anilines is 1. The molecule has 0 aliphatic rings. The second kappa shape index (κ2) is 14.2. The van der Waals surface area contributed by atoms with Gasteiger partial charge in [-0.05, 0) is 68.1 Å². The van der Waals surface area contributed by atoms with Crippen molar-refractivity contribution in [1.29, 1.82) is 0 Å². The average Bonchev–Trinajstić information content (AvgIpc) is 2.99. The van der Waals surface area contributed by atoms with Gasteiger partial charge in [-0.3, -0.25) is 9.97 Å². The third-order valence-corrected chi connectivity index (χ3v) is 8.09. The monoisotopic (exact) mass is 645 g/mol. The van der Waals surface area contributed by atoms with E-state index >= 15 is 0 Å². The summed E-state index contributed by atoms with van der Waals surface area (Å²) in [7, 11) is -4.04. The minimum absolute atomic E-state index is 0.0159. The Hall–Kier alpha value is -4.68. The van der Waals surface area contributed by atoms with E-state index in [4.69, 9.17) is 9.57 Å². The number of hydrogen-bond acceptors (Lipinski definition) is 9. The Labute approximate surface area is 270 Å². The number of amides is 1. The first kappa shape index (κ1) is 34.2. The van der Waals surface area contributed by atoms with Crippen molar-refractivity contribution in [2.45, 2.75) is 71.5 Å². The second-order valence-electron chi connectivity index (χ2n) is 12.8. The van der Waals surface area contributed by atoms with Crippen LogP contribution < -0.4 is 5.06 Å². The molecule has 0 bridgehead atoms. The van der Waals surface area contributed by atoms with Crippen LogP contribution in [0, 0.1) is 5.41 Å². The van der Waals surface area contributed by atoms with E-state index in [0.29, 0.717) is 10.8 Å². The molecule has 0 aliphatic heterocycles. The summed E-state index contributed by atoms with van der Waals surface area (Å²) in [5.74, 6) is -0.687. The summed E-state index contributed by atoms with van der Waals surface area (Å²) in [5, 5.41) is 0.707. The van der Waals surface area contributed by atoms with E-state index in [2.05, 4.69) is 15.0 Å². The smallest absolute Gasteiger partial charge is 0.441 e. The molecular weight excluding hydrogens is 606 g/mol. The van der Waals surface area contributed by atoms with Gasteiger partial charge in [0.1, 0.15) is 10.5 Å². The summed E-state index contributed by atoms with van der Waals surface area (Å²) in [6.07, 6.45) is 3.59. The molecule has 46 heavy (non-hydrogen) atoms. The van der Waals surface area contributed by atoms with Crippen LogP contribution in [0.2, 0.25) is 0 Å². The van der Waals surface area contributed by atoms with Gasteiger partial charge in [0, 0.05) is 30.7 Å². The van der Waals surface area contributed by atoms with Crippen molar-refractivity contribution in [2.24, 2.45) is 5.41 Å². The zero-order valence-electron chi connectivity index (χ0n) is 26.9. The predicted molar refractivity (Wildman–Crippen MR) is 173 cm³/mol. The largest absolute Gasteiger partial charge is 0.450 e. The van der Waals surface area contributed by atoms with Crippen molar-refractivity contribution in [2.75, 3.05) is 5.06 Å². The summed E-state index contributed by atoms with van der Waals surface area (Å²) >= 11 is 0. The van der Waals surface area contributed by atoms with Gasteiger partial charge in [-0.1, -0.05) is 62.2 Å². The number of nitrogens with zero attached hydrogens (tertiary/aromatic N) is 5. The first-order chi connectivity index (χ1) is 21.6. The molecule has 1 aromatic carbocycles. The molecule has 0 aliphatic carbocycles. The van der Waals surface area contributed by atoms with Gasteiger partial charge >= 0.3 is 12.1 Å². The number of sulfonamides is 1. The van der Waals surface area contributed by atoms with Crippen molar-refractivity contribution < 1.29 is 27.6 Å². The maximum atomic E-state index is 13.9. The first-order valence-electron chi connectivity index (χ1n) is 14.7. The van der Waals surface area contributed by atoms with Crippen molar-refractivity contribution in [3.8, 4) is 11.3 Å². The lowest BCUT2D eigenvalue weighted by Crippen LogP contribution is -2.39. The summed E-state index contributed by atoms with van der Waals surface area (Å²) in [6, 6.07) is 20.8. The molecule has 4 aromatic rings. The molecule has 11 nitrogen and oxygen atoms in total. The number of hydroxylamine groups is 1. The normalized spacial score (nSPS) is 12.1. The summed E-state index contributed by atoms with van der Waals surface area (Å²) in [6.45, 7) is 10.5. The fourth-order valence-electron chi connectivity index (χ4n) is 4.29. The number of hydrogen-bond donors (Lipinski definition) is 0. The number of carbonyl (C=O) groups excluding carboxylic acids is 2. The quantitative estimate of drug-likeness (QED) is 0.186. The molecule has 0 fully saturated rings. The molecule has 3 aromatic heterocycles. The van der Waals surface area contributed by atoms with E-state index in [1.54, 1.807) is 45.2 Å². The molecule has 3 heterocycles. The van der Waals surface area contributed by atoms with Crippen LogP contribution in [-0.2, 0) is 37.5 Å². The van der Waals surface area contributed by atoms with E-state index in [1.807, 2.05) is 63.2 Å². The van der Waals surface area contributed by atoms with Gasteiger partial charge in [0.25, 0.3) is 0 Å². The zero-order valence-corrected chi connectivity index (χ0v) is 27.7. The predicted octanol–water partition coefficient (Wildman–Crippen LogP) is 6.57. The van der Waals surface area contributed by atoms with E-state index in [1.165, 1.54) is 28.8 Å². The van der Waals surface area contributed by atoms with Crippen molar-refractivity contribution in [3.63, 3.8) is 0 Å². The Morgan fingerprint density at radius 3 is 2.17 bits per heavy atom. The number of aromatic nitrogens is 3. The van der Waals surface area contributed by atoms with E-state index in [0.717, 1.165) is 16.8 Å². The summed E-state index contributed by atoms with van der Waals surface area (Å²) in [5.41, 5.74) is 1.44. The van der Waals surface area contributed by atoms with E-state index in [9.17, 15) is 18.0 Å². The average molecular weight is 646 g/mol. The topological polar surface area (TPSA) is 132 Å². The highest BCUT2D eigenvalue weighted by atomic mass is 32.2. The molecule has 0 radical (unpaired) electrons. The molecule has 0 unspecified atom stereocenters. The molecule has 0 atom stereocenters. The molecule has 0 spiro atoms. The highest BCUT2D eigenvalue weighted by Gasteiger charge is 2.31. The van der Waals surface area contributed by atoms with Gasteiger partial charge in [0.15, 0.2) is 5.82 Å². The van der Waals surface area contributed by atoms with Crippen LogP contribution in [0.1, 0.15) is 59.2 Å². The second-order valence-corrected chi connectivity index (χ2v) is 14.8.